The van der Waals surface area contributed by atoms with E-state index in [1.807, 2.05) is 6.07 Å². The Morgan fingerprint density at radius 1 is 1.40 bits per heavy atom. The second kappa shape index (κ2) is 4.25. The first-order valence-electron chi connectivity index (χ1n) is 5.52. The molecule has 15 heavy (non-hydrogen) atoms. The van der Waals surface area contributed by atoms with E-state index in [2.05, 4.69) is 35.8 Å². The molecule has 0 spiro atoms. The zero-order chi connectivity index (χ0) is 11.0. The Morgan fingerprint density at radius 2 is 2.13 bits per heavy atom. The van der Waals surface area contributed by atoms with Crippen LogP contribution < -0.4 is 0 Å². The number of fused-ring (bicyclic) bond motifs is 1. The smallest absolute Gasteiger partial charge is 0.126 e. The standard InChI is InChI=1S/C13H16BrF/c1-8(2)13(14)11-7-6-10-9(11)4-3-5-12(10)15/h3-5,8,11,13H,6-7H2,1-2H3. The highest BCUT2D eigenvalue weighted by atomic mass is 79.9. The predicted octanol–water partition coefficient (Wildman–Crippen LogP) is 4.28. The highest BCUT2D eigenvalue weighted by Gasteiger charge is 2.31. The first-order valence-corrected chi connectivity index (χ1v) is 6.44. The van der Waals surface area contributed by atoms with E-state index in [1.165, 1.54) is 5.56 Å². The fraction of sp³-hybridized carbons (Fsp3) is 0.538. The summed E-state index contributed by atoms with van der Waals surface area (Å²) in [5.41, 5.74) is 2.15. The van der Waals surface area contributed by atoms with Crippen molar-refractivity contribution in [2.24, 2.45) is 5.92 Å². The van der Waals surface area contributed by atoms with Crippen LogP contribution in [0.4, 0.5) is 4.39 Å². The molecule has 1 aliphatic carbocycles. The summed E-state index contributed by atoms with van der Waals surface area (Å²) in [5, 5.41) is 0. The second-order valence-electron chi connectivity index (χ2n) is 4.64. The molecule has 0 saturated carbocycles. The van der Waals surface area contributed by atoms with Crippen LogP contribution >= 0.6 is 15.9 Å². The summed E-state index contributed by atoms with van der Waals surface area (Å²) in [6.07, 6.45) is 1.96. The largest absolute Gasteiger partial charge is 0.207 e. The third kappa shape index (κ3) is 1.96. The molecule has 0 saturated heterocycles. The van der Waals surface area contributed by atoms with E-state index in [1.54, 1.807) is 6.07 Å². The molecule has 0 amide bonds. The maximum Gasteiger partial charge on any atom is 0.126 e. The van der Waals surface area contributed by atoms with Crippen molar-refractivity contribution in [3.05, 3.63) is 35.1 Å². The first-order chi connectivity index (χ1) is 7.11. The van der Waals surface area contributed by atoms with E-state index in [9.17, 15) is 4.39 Å². The van der Waals surface area contributed by atoms with Gasteiger partial charge >= 0.3 is 0 Å². The van der Waals surface area contributed by atoms with Gasteiger partial charge in [-0.25, -0.2) is 4.39 Å². The molecule has 1 aliphatic rings. The average molecular weight is 271 g/mol. The van der Waals surface area contributed by atoms with Crippen molar-refractivity contribution >= 4 is 15.9 Å². The summed E-state index contributed by atoms with van der Waals surface area (Å²) in [5.74, 6) is 1.04. The quantitative estimate of drug-likeness (QED) is 0.704. The summed E-state index contributed by atoms with van der Waals surface area (Å²) in [6, 6.07) is 5.47. The van der Waals surface area contributed by atoms with Gasteiger partial charge in [0.1, 0.15) is 5.82 Å². The molecule has 2 rings (SSSR count). The van der Waals surface area contributed by atoms with Gasteiger partial charge < -0.3 is 0 Å². The van der Waals surface area contributed by atoms with E-state index in [0.717, 1.165) is 18.4 Å². The minimum Gasteiger partial charge on any atom is -0.207 e. The van der Waals surface area contributed by atoms with Crippen molar-refractivity contribution in [3.63, 3.8) is 0 Å². The van der Waals surface area contributed by atoms with Crippen molar-refractivity contribution in [2.45, 2.75) is 37.4 Å². The molecule has 2 atom stereocenters. The lowest BCUT2D eigenvalue weighted by Gasteiger charge is -2.22. The SMILES string of the molecule is CC(C)C(Br)C1CCc2c(F)cccc21. The van der Waals surface area contributed by atoms with Crippen molar-refractivity contribution in [2.75, 3.05) is 0 Å². The van der Waals surface area contributed by atoms with Crippen molar-refractivity contribution in [3.8, 4) is 0 Å². The molecule has 0 fully saturated rings. The summed E-state index contributed by atoms with van der Waals surface area (Å²) in [4.78, 5) is 0.459. The van der Waals surface area contributed by atoms with Crippen LogP contribution in [0.25, 0.3) is 0 Å². The molecule has 82 valence electrons. The molecule has 0 nitrogen and oxygen atoms in total. The van der Waals surface area contributed by atoms with Crippen LogP contribution in [-0.2, 0) is 6.42 Å². The summed E-state index contributed by atoms with van der Waals surface area (Å²) < 4.78 is 13.5. The normalized spacial score (nSPS) is 21.8. The molecule has 0 aromatic heterocycles. The van der Waals surface area contributed by atoms with Crippen LogP contribution in [0.3, 0.4) is 0 Å². The van der Waals surface area contributed by atoms with E-state index in [4.69, 9.17) is 0 Å². The van der Waals surface area contributed by atoms with E-state index in [0.29, 0.717) is 16.7 Å². The Kier molecular flexibility index (Phi) is 3.15. The molecule has 1 aromatic rings. The molecule has 2 unspecified atom stereocenters. The predicted molar refractivity (Wildman–Crippen MR) is 65.0 cm³/mol. The second-order valence-corrected chi connectivity index (χ2v) is 5.70. The molecule has 0 radical (unpaired) electrons. The molecular weight excluding hydrogens is 255 g/mol. The molecule has 2 heteroatoms. The average Bonchev–Trinajstić information content (AvgIpc) is 2.61. The number of alkyl halides is 1. The van der Waals surface area contributed by atoms with Crippen LogP contribution in [0.2, 0.25) is 0 Å². The van der Waals surface area contributed by atoms with Gasteiger partial charge in [-0.3, -0.25) is 0 Å². The minimum absolute atomic E-state index is 0.0292. The zero-order valence-electron chi connectivity index (χ0n) is 9.13. The number of halogens is 2. The topological polar surface area (TPSA) is 0 Å². The fourth-order valence-electron chi connectivity index (χ4n) is 2.44. The molecule has 0 heterocycles. The molecular formula is C13H16BrF. The van der Waals surface area contributed by atoms with E-state index < -0.39 is 0 Å². The zero-order valence-corrected chi connectivity index (χ0v) is 10.7. The summed E-state index contributed by atoms with van der Waals surface area (Å²) >= 11 is 3.74. The van der Waals surface area contributed by atoms with Crippen molar-refractivity contribution in [1.82, 2.24) is 0 Å². The van der Waals surface area contributed by atoms with E-state index >= 15 is 0 Å². The number of benzene rings is 1. The van der Waals surface area contributed by atoms with Gasteiger partial charge in [0.2, 0.25) is 0 Å². The lowest BCUT2D eigenvalue weighted by Crippen LogP contribution is -2.16. The van der Waals surface area contributed by atoms with Crippen molar-refractivity contribution in [1.29, 1.82) is 0 Å². The third-order valence-corrected chi connectivity index (χ3v) is 4.98. The Labute approximate surface area is 99.0 Å². The Morgan fingerprint density at radius 3 is 2.80 bits per heavy atom. The first kappa shape index (κ1) is 11.1. The van der Waals surface area contributed by atoms with Gasteiger partial charge in [-0.1, -0.05) is 41.9 Å². The summed E-state index contributed by atoms with van der Waals surface area (Å²) in [7, 11) is 0. The molecule has 1 aromatic carbocycles. The van der Waals surface area contributed by atoms with Gasteiger partial charge in [0, 0.05) is 4.83 Å². The lowest BCUT2D eigenvalue weighted by molar-refractivity contribution is 0.522. The Balaban J connectivity index is 2.33. The Bertz CT molecular complexity index is 360. The number of hydrogen-bond donors (Lipinski definition) is 0. The monoisotopic (exact) mass is 270 g/mol. The highest BCUT2D eigenvalue weighted by Crippen LogP contribution is 2.41. The van der Waals surface area contributed by atoms with Gasteiger partial charge in [0.25, 0.3) is 0 Å². The van der Waals surface area contributed by atoms with Gasteiger partial charge in [0.05, 0.1) is 0 Å². The van der Waals surface area contributed by atoms with Crippen LogP contribution in [0.15, 0.2) is 18.2 Å². The van der Waals surface area contributed by atoms with E-state index in [-0.39, 0.29) is 5.82 Å². The maximum absolute atomic E-state index is 13.5. The molecule has 0 bridgehead atoms. The third-order valence-electron chi connectivity index (χ3n) is 3.28. The van der Waals surface area contributed by atoms with Crippen LogP contribution in [-0.4, -0.2) is 4.83 Å². The van der Waals surface area contributed by atoms with Crippen LogP contribution in [0.5, 0.6) is 0 Å². The van der Waals surface area contributed by atoms with Crippen molar-refractivity contribution < 1.29 is 4.39 Å². The summed E-state index contributed by atoms with van der Waals surface area (Å²) in [6.45, 7) is 4.41. The number of rotatable bonds is 2. The van der Waals surface area contributed by atoms with Gasteiger partial charge in [-0.2, -0.15) is 0 Å². The fourth-order valence-corrected chi connectivity index (χ4v) is 2.99. The lowest BCUT2D eigenvalue weighted by atomic mass is 9.92. The maximum atomic E-state index is 13.5. The van der Waals surface area contributed by atoms with Crippen LogP contribution in [0.1, 0.15) is 37.3 Å². The molecule has 0 aliphatic heterocycles. The van der Waals surface area contributed by atoms with Crippen LogP contribution in [0, 0.1) is 11.7 Å². The van der Waals surface area contributed by atoms with Gasteiger partial charge in [-0.05, 0) is 41.9 Å². The Hall–Kier alpha value is -0.370. The van der Waals surface area contributed by atoms with Gasteiger partial charge in [0.15, 0.2) is 0 Å². The minimum atomic E-state index is -0.0292. The highest BCUT2D eigenvalue weighted by molar-refractivity contribution is 9.09. The number of hydrogen-bond acceptors (Lipinski definition) is 0. The van der Waals surface area contributed by atoms with Gasteiger partial charge in [-0.15, -0.1) is 0 Å². The molecule has 0 N–H and O–H groups in total.